The second-order valence-electron chi connectivity index (χ2n) is 6.62. The number of likely N-dealkylation sites (N-methyl/N-ethyl adjacent to an activating group) is 1. The molecule has 29 heavy (non-hydrogen) atoms. The molecule has 0 amide bonds. The van der Waals surface area contributed by atoms with E-state index in [-0.39, 0.29) is 18.6 Å². The third-order valence-corrected chi connectivity index (χ3v) is 4.75. The molecular weight excluding hydrogens is 373 g/mol. The van der Waals surface area contributed by atoms with Gasteiger partial charge < -0.3 is 14.4 Å². The number of hydrogen-bond acceptors (Lipinski definition) is 6. The summed E-state index contributed by atoms with van der Waals surface area (Å²) < 4.78 is 26.6. The van der Waals surface area contributed by atoms with Gasteiger partial charge in [-0.05, 0) is 43.3 Å². The summed E-state index contributed by atoms with van der Waals surface area (Å²) in [6, 6.07) is 16.1. The lowest BCUT2D eigenvalue weighted by atomic mass is 10.1. The highest BCUT2D eigenvalue weighted by Gasteiger charge is 2.33. The predicted molar refractivity (Wildman–Crippen MR) is 107 cm³/mol. The van der Waals surface area contributed by atoms with Crippen LogP contribution in [-0.4, -0.2) is 46.1 Å². The molecule has 1 atom stereocenters. The van der Waals surface area contributed by atoms with Crippen molar-refractivity contribution in [1.29, 1.82) is 0 Å². The minimum atomic E-state index is -0.295. The Morgan fingerprint density at radius 3 is 2.59 bits per heavy atom. The second-order valence-corrected chi connectivity index (χ2v) is 6.62. The number of aliphatic imine (C=N–C) groups is 1. The van der Waals surface area contributed by atoms with E-state index in [9.17, 15) is 4.39 Å². The van der Waals surface area contributed by atoms with Gasteiger partial charge in [-0.15, -0.1) is 5.10 Å². The number of para-hydroxylation sites is 1. The number of halogens is 1. The van der Waals surface area contributed by atoms with Crippen molar-refractivity contribution in [3.05, 3.63) is 66.1 Å². The predicted octanol–water partition coefficient (Wildman–Crippen LogP) is 3.50. The molecule has 7 nitrogen and oxygen atoms in total. The second kappa shape index (κ2) is 8.40. The number of ether oxygens (including phenoxy) is 2. The lowest BCUT2D eigenvalue weighted by Gasteiger charge is -2.24. The number of aromatic nitrogens is 3. The van der Waals surface area contributed by atoms with E-state index in [1.807, 2.05) is 49.2 Å². The van der Waals surface area contributed by atoms with E-state index in [2.05, 4.69) is 15.3 Å². The van der Waals surface area contributed by atoms with Crippen LogP contribution in [0.5, 0.6) is 5.75 Å². The molecule has 4 rings (SSSR count). The largest absolute Gasteiger partial charge is 0.426 e. The normalized spacial score (nSPS) is 16.2. The topological polar surface area (TPSA) is 64.8 Å². The minimum Gasteiger partial charge on any atom is -0.426 e. The molecule has 0 saturated carbocycles. The monoisotopic (exact) mass is 395 g/mol. The highest BCUT2D eigenvalue weighted by atomic mass is 19.1. The first-order valence-corrected chi connectivity index (χ1v) is 9.44. The molecule has 0 bridgehead atoms. The van der Waals surface area contributed by atoms with Crippen LogP contribution >= 0.6 is 0 Å². The van der Waals surface area contributed by atoms with Gasteiger partial charge in [0, 0.05) is 19.2 Å². The number of benzene rings is 2. The zero-order valence-corrected chi connectivity index (χ0v) is 16.3. The molecule has 2 aromatic carbocycles. The summed E-state index contributed by atoms with van der Waals surface area (Å²) in [7, 11) is 1.92. The van der Waals surface area contributed by atoms with Crippen LogP contribution < -0.4 is 4.74 Å². The van der Waals surface area contributed by atoms with Crippen LogP contribution in [0.15, 0.2) is 59.6 Å². The smallest absolute Gasteiger partial charge is 0.293 e. The van der Waals surface area contributed by atoms with Gasteiger partial charge in [0.1, 0.15) is 24.0 Å². The van der Waals surface area contributed by atoms with E-state index in [0.29, 0.717) is 24.9 Å². The molecule has 1 unspecified atom stereocenters. The Morgan fingerprint density at radius 2 is 1.86 bits per heavy atom. The van der Waals surface area contributed by atoms with Crippen LogP contribution in [0.2, 0.25) is 0 Å². The molecule has 1 aliphatic rings. The van der Waals surface area contributed by atoms with Gasteiger partial charge in [0.15, 0.2) is 0 Å². The van der Waals surface area contributed by atoms with Gasteiger partial charge in [0.2, 0.25) is 0 Å². The van der Waals surface area contributed by atoms with E-state index < -0.39 is 0 Å². The Balaban J connectivity index is 1.64. The van der Waals surface area contributed by atoms with Gasteiger partial charge in [0.25, 0.3) is 6.02 Å². The summed E-state index contributed by atoms with van der Waals surface area (Å²) in [5, 5.41) is 8.62. The first kappa shape index (κ1) is 19.1. The maximum atomic E-state index is 13.4. The van der Waals surface area contributed by atoms with Crippen molar-refractivity contribution in [1.82, 2.24) is 19.9 Å². The molecule has 0 radical (unpaired) electrons. The summed E-state index contributed by atoms with van der Waals surface area (Å²) in [6.07, 6.45) is 0. The van der Waals surface area contributed by atoms with Gasteiger partial charge in [0.05, 0.1) is 18.3 Å². The fraction of sp³-hybridized carbons (Fsp3) is 0.286. The number of hydrogen-bond donors (Lipinski definition) is 0. The van der Waals surface area contributed by atoms with Crippen LogP contribution in [0, 0.1) is 5.82 Å². The molecule has 0 fully saturated rings. The Hall–Kier alpha value is -3.26. The zero-order valence-electron chi connectivity index (χ0n) is 16.3. The van der Waals surface area contributed by atoms with Crippen LogP contribution in [0.4, 0.5) is 4.39 Å². The Bertz CT molecular complexity index is 988. The average molecular weight is 395 g/mol. The lowest BCUT2D eigenvalue weighted by molar-refractivity contribution is 0.0735. The molecule has 1 aliphatic heterocycles. The van der Waals surface area contributed by atoms with E-state index in [4.69, 9.17) is 9.47 Å². The summed E-state index contributed by atoms with van der Waals surface area (Å²) in [5.74, 6) is 0.426. The summed E-state index contributed by atoms with van der Waals surface area (Å²) in [6.45, 7) is 3.25. The summed E-state index contributed by atoms with van der Waals surface area (Å²) in [4.78, 5) is 6.53. The Morgan fingerprint density at radius 1 is 1.10 bits per heavy atom. The average Bonchev–Trinajstić information content (AvgIpc) is 3.31. The fourth-order valence-corrected chi connectivity index (χ4v) is 3.24. The van der Waals surface area contributed by atoms with E-state index in [1.165, 1.54) is 12.1 Å². The molecule has 8 heteroatoms. The fourth-order valence-electron chi connectivity index (χ4n) is 3.24. The molecule has 3 aromatic rings. The van der Waals surface area contributed by atoms with Gasteiger partial charge in [-0.3, -0.25) is 0 Å². The first-order valence-electron chi connectivity index (χ1n) is 9.44. The van der Waals surface area contributed by atoms with Crippen LogP contribution in [-0.2, 0) is 11.5 Å². The number of rotatable bonds is 6. The van der Waals surface area contributed by atoms with Crippen molar-refractivity contribution >= 4 is 6.02 Å². The maximum absolute atomic E-state index is 13.4. The molecule has 1 aromatic heterocycles. The number of nitrogens with zero attached hydrogens (tertiary/aromatic N) is 5. The van der Waals surface area contributed by atoms with Crippen molar-refractivity contribution in [3.8, 4) is 17.0 Å². The molecule has 0 spiro atoms. The van der Waals surface area contributed by atoms with Gasteiger partial charge in [-0.1, -0.05) is 23.4 Å². The van der Waals surface area contributed by atoms with Crippen molar-refractivity contribution in [2.75, 3.05) is 20.2 Å². The molecule has 2 heterocycles. The Kier molecular flexibility index (Phi) is 5.53. The Labute approximate surface area is 168 Å². The summed E-state index contributed by atoms with van der Waals surface area (Å²) in [5.41, 5.74) is 2.32. The maximum Gasteiger partial charge on any atom is 0.293 e. The minimum absolute atomic E-state index is 0.135. The van der Waals surface area contributed by atoms with Gasteiger partial charge in [-0.2, -0.15) is 0 Å². The first-order chi connectivity index (χ1) is 14.2. The van der Waals surface area contributed by atoms with Crippen LogP contribution in [0.25, 0.3) is 11.3 Å². The molecule has 0 N–H and O–H groups in total. The number of amidine groups is 1. The molecule has 0 saturated heterocycles. The molecule has 0 aliphatic carbocycles. The van der Waals surface area contributed by atoms with E-state index in [0.717, 1.165) is 17.0 Å². The summed E-state index contributed by atoms with van der Waals surface area (Å²) >= 11 is 0. The third kappa shape index (κ3) is 3.97. The lowest BCUT2D eigenvalue weighted by Crippen LogP contribution is -2.32. The van der Waals surface area contributed by atoms with Crippen molar-refractivity contribution in [2.24, 2.45) is 4.99 Å². The SMILES string of the molecule is CCOCn1nnc(-c2ccc(F)cc2)c1C1CN=C(Oc2ccccc2)N1C. The van der Waals surface area contributed by atoms with Crippen molar-refractivity contribution < 1.29 is 13.9 Å². The molecule has 150 valence electrons. The van der Waals surface area contributed by atoms with Crippen LogP contribution in [0.1, 0.15) is 18.7 Å². The van der Waals surface area contributed by atoms with E-state index >= 15 is 0 Å². The van der Waals surface area contributed by atoms with Crippen molar-refractivity contribution in [3.63, 3.8) is 0 Å². The van der Waals surface area contributed by atoms with Crippen molar-refractivity contribution in [2.45, 2.75) is 19.7 Å². The standard InChI is InChI=1S/C21H22FN5O2/c1-3-28-14-27-20(19(24-25-27)15-9-11-16(22)12-10-15)18-13-23-21(26(18)2)29-17-7-5-4-6-8-17/h4-12,18H,3,13-14H2,1-2H3. The molecular formula is C21H22FN5O2. The third-order valence-electron chi connectivity index (χ3n) is 4.75. The van der Waals surface area contributed by atoms with Gasteiger partial charge in [-0.25, -0.2) is 14.1 Å². The van der Waals surface area contributed by atoms with Gasteiger partial charge >= 0.3 is 0 Å². The van der Waals surface area contributed by atoms with Crippen LogP contribution in [0.3, 0.4) is 0 Å². The zero-order chi connectivity index (χ0) is 20.2. The highest BCUT2D eigenvalue weighted by molar-refractivity contribution is 5.79. The highest BCUT2D eigenvalue weighted by Crippen LogP contribution is 2.33. The quantitative estimate of drug-likeness (QED) is 0.639. The van der Waals surface area contributed by atoms with E-state index in [1.54, 1.807) is 16.8 Å².